The molecular formula is C20H32. The average Bonchev–Trinajstić information content (AvgIpc) is 2.44. The van der Waals surface area contributed by atoms with Gasteiger partial charge in [0, 0.05) is 0 Å². The Balaban J connectivity index is 2.22. The van der Waals surface area contributed by atoms with Crippen molar-refractivity contribution in [1.29, 1.82) is 0 Å². The largest absolute Gasteiger partial charge is 0.0999 e. The standard InChI is InChI=1S/C20H32/c1-15(2)18-14-12-17(4)19-10-8-6-5-7-9-16(3)11-13-20(18)19/h5-6,11,17-20H,1,7-10,12-14H2,2-4H3/t17-,18-,19+,20-/m0/s1. The molecule has 1 saturated carbocycles. The second-order valence-electron chi connectivity index (χ2n) is 7.21. The molecule has 4 atom stereocenters. The van der Waals surface area contributed by atoms with Crippen LogP contribution in [0, 0.1) is 23.7 Å². The third-order valence-electron chi connectivity index (χ3n) is 5.64. The van der Waals surface area contributed by atoms with Gasteiger partial charge in [-0.15, -0.1) is 0 Å². The summed E-state index contributed by atoms with van der Waals surface area (Å²) >= 11 is 0. The van der Waals surface area contributed by atoms with E-state index in [1.165, 1.54) is 50.5 Å². The highest BCUT2D eigenvalue weighted by Crippen LogP contribution is 2.45. The van der Waals surface area contributed by atoms with Gasteiger partial charge < -0.3 is 0 Å². The highest BCUT2D eigenvalue weighted by Gasteiger charge is 2.36. The molecule has 0 unspecified atom stereocenters. The van der Waals surface area contributed by atoms with E-state index in [4.69, 9.17) is 0 Å². The van der Waals surface area contributed by atoms with Crippen molar-refractivity contribution >= 4 is 0 Å². The van der Waals surface area contributed by atoms with Crippen LogP contribution < -0.4 is 0 Å². The first-order chi connectivity index (χ1) is 9.59. The Kier molecular flexibility index (Phi) is 5.69. The molecule has 0 bridgehead atoms. The first-order valence-electron chi connectivity index (χ1n) is 8.55. The third-order valence-corrected chi connectivity index (χ3v) is 5.64. The Labute approximate surface area is 126 Å². The van der Waals surface area contributed by atoms with E-state index < -0.39 is 0 Å². The monoisotopic (exact) mass is 272 g/mol. The summed E-state index contributed by atoms with van der Waals surface area (Å²) in [6.45, 7) is 11.3. The Morgan fingerprint density at radius 2 is 1.85 bits per heavy atom. The van der Waals surface area contributed by atoms with Crippen molar-refractivity contribution in [2.45, 2.75) is 65.7 Å². The molecule has 2 aliphatic carbocycles. The van der Waals surface area contributed by atoms with Gasteiger partial charge in [-0.2, -0.15) is 0 Å². The third kappa shape index (κ3) is 3.87. The number of rotatable bonds is 1. The summed E-state index contributed by atoms with van der Waals surface area (Å²) in [4.78, 5) is 0. The fraction of sp³-hybridized carbons (Fsp3) is 0.700. The maximum absolute atomic E-state index is 4.29. The van der Waals surface area contributed by atoms with Gasteiger partial charge in [0.05, 0.1) is 0 Å². The molecule has 20 heavy (non-hydrogen) atoms. The second-order valence-corrected chi connectivity index (χ2v) is 7.21. The van der Waals surface area contributed by atoms with Crippen LogP contribution in [0.2, 0.25) is 0 Å². The smallest absolute Gasteiger partial charge is 0.0175 e. The Morgan fingerprint density at radius 1 is 1.10 bits per heavy atom. The van der Waals surface area contributed by atoms with Crippen LogP contribution in [0.5, 0.6) is 0 Å². The van der Waals surface area contributed by atoms with E-state index in [2.05, 4.69) is 45.6 Å². The molecule has 1 fully saturated rings. The summed E-state index contributed by atoms with van der Waals surface area (Å²) in [5, 5.41) is 0. The molecule has 0 amide bonds. The van der Waals surface area contributed by atoms with Crippen LogP contribution in [-0.2, 0) is 0 Å². The van der Waals surface area contributed by atoms with Crippen molar-refractivity contribution < 1.29 is 0 Å². The lowest BCUT2D eigenvalue weighted by Crippen LogP contribution is -2.34. The van der Waals surface area contributed by atoms with Crippen LogP contribution in [0.1, 0.15) is 65.7 Å². The molecule has 0 saturated heterocycles. The zero-order valence-electron chi connectivity index (χ0n) is 13.7. The van der Waals surface area contributed by atoms with Crippen LogP contribution in [-0.4, -0.2) is 0 Å². The molecule has 0 aromatic heterocycles. The molecule has 0 nitrogen and oxygen atoms in total. The molecule has 0 aromatic rings. The van der Waals surface area contributed by atoms with E-state index in [1.807, 2.05) is 0 Å². The Hall–Kier alpha value is -0.780. The highest BCUT2D eigenvalue weighted by molar-refractivity contribution is 5.08. The predicted molar refractivity (Wildman–Crippen MR) is 89.7 cm³/mol. The zero-order chi connectivity index (χ0) is 14.5. The molecule has 0 aliphatic heterocycles. The maximum Gasteiger partial charge on any atom is -0.0175 e. The maximum atomic E-state index is 4.29. The van der Waals surface area contributed by atoms with E-state index in [0.717, 1.165) is 23.7 Å². The summed E-state index contributed by atoms with van der Waals surface area (Å²) < 4.78 is 0. The first-order valence-corrected chi connectivity index (χ1v) is 8.55. The topological polar surface area (TPSA) is 0 Å². The van der Waals surface area contributed by atoms with Crippen LogP contribution >= 0.6 is 0 Å². The number of fused-ring (bicyclic) bond motifs is 1. The van der Waals surface area contributed by atoms with E-state index in [9.17, 15) is 0 Å². The molecule has 2 rings (SSSR count). The van der Waals surface area contributed by atoms with Crippen molar-refractivity contribution in [3.63, 3.8) is 0 Å². The molecule has 0 spiro atoms. The van der Waals surface area contributed by atoms with Crippen LogP contribution in [0.3, 0.4) is 0 Å². The van der Waals surface area contributed by atoms with E-state index in [1.54, 1.807) is 5.57 Å². The molecule has 0 N–H and O–H groups in total. The minimum absolute atomic E-state index is 0.755. The van der Waals surface area contributed by atoms with Gasteiger partial charge in [0.2, 0.25) is 0 Å². The van der Waals surface area contributed by atoms with Gasteiger partial charge >= 0.3 is 0 Å². The number of hydrogen-bond donors (Lipinski definition) is 0. The van der Waals surface area contributed by atoms with E-state index >= 15 is 0 Å². The molecule has 0 heterocycles. The normalized spacial score (nSPS) is 35.6. The van der Waals surface area contributed by atoms with E-state index in [0.29, 0.717) is 0 Å². The quantitative estimate of drug-likeness (QED) is 0.491. The summed E-state index contributed by atoms with van der Waals surface area (Å²) in [7, 11) is 0. The van der Waals surface area contributed by atoms with Gasteiger partial charge in [-0.05, 0) is 82.5 Å². The van der Waals surface area contributed by atoms with Gasteiger partial charge in [0.25, 0.3) is 0 Å². The summed E-state index contributed by atoms with van der Waals surface area (Å²) in [5.74, 6) is 3.36. The molecule has 0 radical (unpaired) electrons. The SMILES string of the molecule is C=C(C)[C@@H]1CC[C@H](C)[C@H]2CCC=CCCC(C)=CC[C@H]21. The van der Waals surface area contributed by atoms with Crippen molar-refractivity contribution in [3.05, 3.63) is 36.0 Å². The number of allylic oxidation sites excluding steroid dienone is 5. The van der Waals surface area contributed by atoms with Crippen molar-refractivity contribution in [3.8, 4) is 0 Å². The molecule has 2 aliphatic rings. The minimum atomic E-state index is 0.755. The molecular weight excluding hydrogens is 240 g/mol. The summed E-state index contributed by atoms with van der Waals surface area (Å²) in [5.41, 5.74) is 3.00. The molecule has 0 heteroatoms. The highest BCUT2D eigenvalue weighted by atomic mass is 14.4. The summed E-state index contributed by atoms with van der Waals surface area (Å²) in [6, 6.07) is 0. The van der Waals surface area contributed by atoms with Gasteiger partial charge in [-0.1, -0.05) is 42.9 Å². The van der Waals surface area contributed by atoms with Crippen molar-refractivity contribution in [1.82, 2.24) is 0 Å². The first kappa shape index (κ1) is 15.6. The molecule has 0 aromatic carbocycles. The fourth-order valence-corrected chi connectivity index (χ4v) is 4.32. The number of hydrogen-bond acceptors (Lipinski definition) is 0. The lowest BCUT2D eigenvalue weighted by Gasteiger charge is -2.42. The van der Waals surface area contributed by atoms with Crippen LogP contribution in [0.15, 0.2) is 36.0 Å². The second kappa shape index (κ2) is 7.29. The Morgan fingerprint density at radius 3 is 2.60 bits per heavy atom. The lowest BCUT2D eigenvalue weighted by atomic mass is 9.63. The average molecular weight is 272 g/mol. The van der Waals surface area contributed by atoms with Crippen molar-refractivity contribution in [2.24, 2.45) is 23.7 Å². The lowest BCUT2D eigenvalue weighted by molar-refractivity contribution is 0.112. The predicted octanol–water partition coefficient (Wildman–Crippen LogP) is 6.31. The summed E-state index contributed by atoms with van der Waals surface area (Å²) in [6.07, 6.45) is 16.5. The van der Waals surface area contributed by atoms with Gasteiger partial charge in [0.15, 0.2) is 0 Å². The van der Waals surface area contributed by atoms with Crippen molar-refractivity contribution in [2.75, 3.05) is 0 Å². The Bertz CT molecular complexity index is 385. The zero-order valence-corrected chi connectivity index (χ0v) is 13.7. The minimum Gasteiger partial charge on any atom is -0.0999 e. The van der Waals surface area contributed by atoms with Gasteiger partial charge in [0.1, 0.15) is 0 Å². The van der Waals surface area contributed by atoms with Gasteiger partial charge in [-0.25, -0.2) is 0 Å². The van der Waals surface area contributed by atoms with Crippen LogP contribution in [0.4, 0.5) is 0 Å². The van der Waals surface area contributed by atoms with Crippen LogP contribution in [0.25, 0.3) is 0 Å². The van der Waals surface area contributed by atoms with Gasteiger partial charge in [-0.3, -0.25) is 0 Å². The van der Waals surface area contributed by atoms with E-state index in [-0.39, 0.29) is 0 Å². The molecule has 112 valence electrons. The fourth-order valence-electron chi connectivity index (χ4n) is 4.32.